The van der Waals surface area contributed by atoms with Crippen molar-refractivity contribution in [3.05, 3.63) is 23.8 Å². The Labute approximate surface area is 159 Å². The van der Waals surface area contributed by atoms with Crippen LogP contribution in [0.5, 0.6) is 11.5 Å². The molecule has 0 aliphatic rings. The van der Waals surface area contributed by atoms with Crippen LogP contribution in [0.3, 0.4) is 0 Å². The fourth-order valence-electron chi connectivity index (χ4n) is 2.90. The fourth-order valence-corrected chi connectivity index (χ4v) is 2.90. The molecular formula is C20H36N4O2. The van der Waals surface area contributed by atoms with Gasteiger partial charge in [-0.05, 0) is 50.6 Å². The Hall–Kier alpha value is -1.95. The maximum atomic E-state index is 5.37. The van der Waals surface area contributed by atoms with Crippen molar-refractivity contribution in [1.29, 1.82) is 0 Å². The van der Waals surface area contributed by atoms with Crippen molar-refractivity contribution < 1.29 is 9.47 Å². The molecule has 0 fully saturated rings. The lowest BCUT2D eigenvalue weighted by Crippen LogP contribution is -2.40. The average Bonchev–Trinajstić information content (AvgIpc) is 2.58. The molecule has 0 aliphatic heterocycles. The molecular weight excluding hydrogens is 328 g/mol. The van der Waals surface area contributed by atoms with E-state index in [0.717, 1.165) is 50.1 Å². The van der Waals surface area contributed by atoms with Gasteiger partial charge < -0.3 is 25.0 Å². The van der Waals surface area contributed by atoms with Crippen molar-refractivity contribution in [2.24, 2.45) is 10.4 Å². The summed E-state index contributed by atoms with van der Waals surface area (Å²) in [5, 5.41) is 6.73. The lowest BCUT2D eigenvalue weighted by atomic mass is 9.93. The molecule has 6 nitrogen and oxygen atoms in total. The summed E-state index contributed by atoms with van der Waals surface area (Å²) in [6.45, 7) is 9.98. The monoisotopic (exact) mass is 364 g/mol. The van der Waals surface area contributed by atoms with Crippen LogP contribution in [0.25, 0.3) is 0 Å². The highest BCUT2D eigenvalue weighted by Gasteiger charge is 2.18. The van der Waals surface area contributed by atoms with Gasteiger partial charge in [-0.15, -0.1) is 0 Å². The van der Waals surface area contributed by atoms with E-state index in [2.05, 4.69) is 56.5 Å². The number of nitrogens with one attached hydrogen (secondary N) is 2. The molecule has 0 radical (unpaired) electrons. The smallest absolute Gasteiger partial charge is 0.191 e. The number of methoxy groups -OCH3 is 2. The van der Waals surface area contributed by atoms with Crippen molar-refractivity contribution in [3.63, 3.8) is 0 Å². The molecule has 0 atom stereocenters. The first kappa shape index (κ1) is 22.1. The van der Waals surface area contributed by atoms with Gasteiger partial charge in [-0.1, -0.05) is 19.9 Å². The van der Waals surface area contributed by atoms with Crippen molar-refractivity contribution in [3.8, 4) is 11.5 Å². The summed E-state index contributed by atoms with van der Waals surface area (Å²) in [6, 6.07) is 6.02. The van der Waals surface area contributed by atoms with Crippen LogP contribution in [0.2, 0.25) is 0 Å². The van der Waals surface area contributed by atoms with E-state index < -0.39 is 0 Å². The van der Waals surface area contributed by atoms with Gasteiger partial charge in [0, 0.05) is 26.2 Å². The van der Waals surface area contributed by atoms with E-state index in [4.69, 9.17) is 14.5 Å². The van der Waals surface area contributed by atoms with E-state index >= 15 is 0 Å². The Morgan fingerprint density at radius 1 is 1.12 bits per heavy atom. The molecule has 26 heavy (non-hydrogen) atoms. The van der Waals surface area contributed by atoms with Gasteiger partial charge in [-0.25, -0.2) is 0 Å². The Morgan fingerprint density at radius 2 is 1.81 bits per heavy atom. The van der Waals surface area contributed by atoms with Gasteiger partial charge in [-0.3, -0.25) is 4.99 Å². The SMILES string of the molecule is CCNC(=NCC(C)(C)CN(C)C)NCCc1ccc(OC)c(OC)c1. The summed E-state index contributed by atoms with van der Waals surface area (Å²) in [5.41, 5.74) is 1.33. The maximum absolute atomic E-state index is 5.37. The van der Waals surface area contributed by atoms with Gasteiger partial charge in [0.1, 0.15) is 0 Å². The summed E-state index contributed by atoms with van der Waals surface area (Å²) in [7, 11) is 7.50. The Kier molecular flexibility index (Phi) is 9.27. The molecule has 0 unspecified atom stereocenters. The van der Waals surface area contributed by atoms with Crippen LogP contribution in [0.15, 0.2) is 23.2 Å². The van der Waals surface area contributed by atoms with E-state index in [9.17, 15) is 0 Å². The first-order valence-electron chi connectivity index (χ1n) is 9.19. The number of aliphatic imine (C=N–C) groups is 1. The average molecular weight is 365 g/mol. The quantitative estimate of drug-likeness (QED) is 0.493. The topological polar surface area (TPSA) is 58.1 Å². The summed E-state index contributed by atoms with van der Waals surface area (Å²) >= 11 is 0. The van der Waals surface area contributed by atoms with Gasteiger partial charge in [0.2, 0.25) is 0 Å². The highest BCUT2D eigenvalue weighted by molar-refractivity contribution is 5.79. The second-order valence-electron chi connectivity index (χ2n) is 7.46. The molecule has 1 aromatic carbocycles. The molecule has 0 saturated heterocycles. The van der Waals surface area contributed by atoms with Crippen LogP contribution in [-0.2, 0) is 6.42 Å². The van der Waals surface area contributed by atoms with Crippen LogP contribution in [-0.4, -0.2) is 65.4 Å². The number of hydrogen-bond donors (Lipinski definition) is 2. The van der Waals surface area contributed by atoms with E-state index in [1.807, 2.05) is 12.1 Å². The maximum Gasteiger partial charge on any atom is 0.191 e. The van der Waals surface area contributed by atoms with E-state index in [1.54, 1.807) is 14.2 Å². The summed E-state index contributed by atoms with van der Waals surface area (Å²) in [6.07, 6.45) is 0.881. The predicted molar refractivity (Wildman–Crippen MR) is 110 cm³/mol. The molecule has 0 saturated carbocycles. The van der Waals surface area contributed by atoms with Gasteiger partial charge in [0.25, 0.3) is 0 Å². The second-order valence-corrected chi connectivity index (χ2v) is 7.46. The van der Waals surface area contributed by atoms with Gasteiger partial charge in [-0.2, -0.15) is 0 Å². The minimum absolute atomic E-state index is 0.134. The summed E-state index contributed by atoms with van der Waals surface area (Å²) in [5.74, 6) is 2.37. The number of hydrogen-bond acceptors (Lipinski definition) is 4. The standard InChI is InChI=1S/C20H36N4O2/c1-8-21-19(23-14-20(2,3)15-24(4)5)22-12-11-16-9-10-17(25-6)18(13-16)26-7/h9-10,13H,8,11-12,14-15H2,1-7H3,(H2,21,22,23). The molecule has 148 valence electrons. The molecule has 0 aliphatic carbocycles. The van der Waals surface area contributed by atoms with Gasteiger partial charge in [0.15, 0.2) is 17.5 Å². The fraction of sp³-hybridized carbons (Fsp3) is 0.650. The Morgan fingerprint density at radius 3 is 2.38 bits per heavy atom. The van der Waals surface area contributed by atoms with Crippen LogP contribution in [0, 0.1) is 5.41 Å². The predicted octanol–water partition coefficient (Wildman–Crippen LogP) is 2.39. The highest BCUT2D eigenvalue weighted by atomic mass is 16.5. The normalized spacial score (nSPS) is 12.2. The Balaban J connectivity index is 2.62. The summed E-state index contributed by atoms with van der Waals surface area (Å²) < 4.78 is 10.6. The lowest BCUT2D eigenvalue weighted by Gasteiger charge is -2.26. The first-order chi connectivity index (χ1) is 12.3. The van der Waals surface area contributed by atoms with E-state index in [1.165, 1.54) is 5.56 Å². The van der Waals surface area contributed by atoms with E-state index in [-0.39, 0.29) is 5.41 Å². The lowest BCUT2D eigenvalue weighted by molar-refractivity contribution is 0.248. The van der Waals surface area contributed by atoms with Crippen molar-refractivity contribution in [2.45, 2.75) is 27.2 Å². The molecule has 0 aromatic heterocycles. The molecule has 1 rings (SSSR count). The first-order valence-corrected chi connectivity index (χ1v) is 9.19. The Bertz CT molecular complexity index is 571. The van der Waals surface area contributed by atoms with Crippen molar-refractivity contribution in [2.75, 3.05) is 54.5 Å². The van der Waals surface area contributed by atoms with Crippen LogP contribution < -0.4 is 20.1 Å². The largest absolute Gasteiger partial charge is 0.493 e. The number of rotatable bonds is 10. The third-order valence-corrected chi connectivity index (χ3v) is 3.91. The summed E-state index contributed by atoms with van der Waals surface area (Å²) in [4.78, 5) is 6.95. The number of guanidine groups is 1. The van der Waals surface area contributed by atoms with Gasteiger partial charge >= 0.3 is 0 Å². The third kappa shape index (κ3) is 7.95. The minimum atomic E-state index is 0.134. The zero-order chi connectivity index (χ0) is 19.6. The molecule has 1 aromatic rings. The zero-order valence-electron chi connectivity index (χ0n) is 17.5. The zero-order valence-corrected chi connectivity index (χ0v) is 17.5. The van der Waals surface area contributed by atoms with Crippen molar-refractivity contribution in [1.82, 2.24) is 15.5 Å². The van der Waals surface area contributed by atoms with Gasteiger partial charge in [0.05, 0.1) is 14.2 Å². The number of nitrogens with zero attached hydrogens (tertiary/aromatic N) is 2. The number of ether oxygens (including phenoxy) is 2. The van der Waals surface area contributed by atoms with Crippen molar-refractivity contribution >= 4 is 5.96 Å². The molecule has 6 heteroatoms. The van der Waals surface area contributed by atoms with E-state index in [0.29, 0.717) is 0 Å². The molecule has 0 amide bonds. The highest BCUT2D eigenvalue weighted by Crippen LogP contribution is 2.27. The van der Waals surface area contributed by atoms with Crippen LogP contribution >= 0.6 is 0 Å². The second kappa shape index (κ2) is 10.9. The minimum Gasteiger partial charge on any atom is -0.493 e. The molecule has 2 N–H and O–H groups in total. The van der Waals surface area contributed by atoms with Crippen LogP contribution in [0.1, 0.15) is 26.3 Å². The third-order valence-electron chi connectivity index (χ3n) is 3.91. The molecule has 0 bridgehead atoms. The van der Waals surface area contributed by atoms with Crippen LogP contribution in [0.4, 0.5) is 0 Å². The molecule has 0 heterocycles. The number of benzene rings is 1. The molecule has 0 spiro atoms.